The fourth-order valence-electron chi connectivity index (χ4n) is 1.87. The number of nitrogens with zero attached hydrogens (tertiary/aromatic N) is 3. The molecule has 0 aliphatic heterocycles. The van der Waals surface area contributed by atoms with E-state index in [1.165, 1.54) is 0 Å². The van der Waals surface area contributed by atoms with Gasteiger partial charge in [0.2, 0.25) is 0 Å². The lowest BCUT2D eigenvalue weighted by Gasteiger charge is -2.05. The zero-order chi connectivity index (χ0) is 13.7. The molecule has 6 heteroatoms. The molecule has 0 atom stereocenters. The molecule has 2 rings (SSSR count). The first kappa shape index (κ1) is 13.5. The van der Waals surface area contributed by atoms with Crippen LogP contribution in [0.4, 0.5) is 0 Å². The first-order valence-electron chi connectivity index (χ1n) is 6.36. The maximum absolute atomic E-state index is 11.9. The van der Waals surface area contributed by atoms with Gasteiger partial charge in [-0.15, -0.1) is 5.10 Å². The monoisotopic (exact) mass is 262 g/mol. The van der Waals surface area contributed by atoms with E-state index in [0.29, 0.717) is 18.7 Å². The lowest BCUT2D eigenvalue weighted by molar-refractivity contribution is 0.0948. The van der Waals surface area contributed by atoms with Crippen molar-refractivity contribution in [2.75, 3.05) is 20.3 Å². The van der Waals surface area contributed by atoms with E-state index in [-0.39, 0.29) is 5.91 Å². The van der Waals surface area contributed by atoms with Crippen LogP contribution in [0.5, 0.6) is 0 Å². The van der Waals surface area contributed by atoms with Gasteiger partial charge in [-0.2, -0.15) is 0 Å². The Bertz CT molecular complexity index is 565. The molecule has 1 aromatic heterocycles. The molecule has 1 aromatic carbocycles. The first-order chi connectivity index (χ1) is 9.26. The molecule has 1 amide bonds. The summed E-state index contributed by atoms with van der Waals surface area (Å²) in [6.07, 6.45) is 0.802. The number of fused-ring (bicyclic) bond motifs is 1. The average molecular weight is 262 g/mol. The molecular weight excluding hydrogens is 244 g/mol. The van der Waals surface area contributed by atoms with E-state index >= 15 is 0 Å². The smallest absolute Gasteiger partial charge is 0.251 e. The lowest BCUT2D eigenvalue weighted by atomic mass is 10.2. The standard InChI is InChI=1S/C13H18N4O2/c1-3-17-12-6-5-10(9-11(12)15-16-17)13(18)14-7-4-8-19-2/h5-6,9H,3-4,7-8H2,1-2H3,(H,14,18). The van der Waals surface area contributed by atoms with Crippen molar-refractivity contribution in [3.05, 3.63) is 23.8 Å². The second-order valence-corrected chi connectivity index (χ2v) is 4.21. The van der Waals surface area contributed by atoms with Gasteiger partial charge in [0.05, 0.1) is 5.52 Å². The van der Waals surface area contributed by atoms with E-state index in [1.54, 1.807) is 23.9 Å². The van der Waals surface area contributed by atoms with Crippen LogP contribution in [0.1, 0.15) is 23.7 Å². The number of benzene rings is 1. The second-order valence-electron chi connectivity index (χ2n) is 4.21. The normalized spacial score (nSPS) is 10.8. The SMILES string of the molecule is CCn1nnc2cc(C(=O)NCCCOC)ccc21. The van der Waals surface area contributed by atoms with Gasteiger partial charge in [0.15, 0.2) is 0 Å². The predicted octanol–water partition coefficient (Wildman–Crippen LogP) is 1.22. The van der Waals surface area contributed by atoms with Gasteiger partial charge in [0, 0.05) is 32.4 Å². The quantitative estimate of drug-likeness (QED) is 0.795. The van der Waals surface area contributed by atoms with Gasteiger partial charge < -0.3 is 10.1 Å². The van der Waals surface area contributed by atoms with Crippen LogP contribution >= 0.6 is 0 Å². The van der Waals surface area contributed by atoms with Crippen molar-refractivity contribution in [1.82, 2.24) is 20.3 Å². The Morgan fingerprint density at radius 1 is 1.47 bits per heavy atom. The van der Waals surface area contributed by atoms with Crippen LogP contribution in [0.15, 0.2) is 18.2 Å². The van der Waals surface area contributed by atoms with Crippen LogP contribution < -0.4 is 5.32 Å². The molecule has 0 saturated carbocycles. The molecule has 2 aromatic rings. The molecule has 0 saturated heterocycles. The maximum atomic E-state index is 11.9. The number of hydrogen-bond donors (Lipinski definition) is 1. The largest absolute Gasteiger partial charge is 0.385 e. The van der Waals surface area contributed by atoms with Crippen molar-refractivity contribution in [1.29, 1.82) is 0 Å². The number of carbonyl (C=O) groups is 1. The van der Waals surface area contributed by atoms with E-state index in [9.17, 15) is 4.79 Å². The summed E-state index contributed by atoms with van der Waals surface area (Å²) >= 11 is 0. The number of hydrogen-bond acceptors (Lipinski definition) is 4. The Kier molecular flexibility index (Phi) is 4.46. The minimum Gasteiger partial charge on any atom is -0.385 e. The molecule has 0 aliphatic carbocycles. The van der Waals surface area contributed by atoms with Gasteiger partial charge in [-0.05, 0) is 31.5 Å². The van der Waals surface area contributed by atoms with Gasteiger partial charge in [0.1, 0.15) is 5.52 Å². The summed E-state index contributed by atoms with van der Waals surface area (Å²) in [6.45, 7) is 4.01. The van der Waals surface area contributed by atoms with E-state index in [1.807, 2.05) is 13.0 Å². The van der Waals surface area contributed by atoms with Gasteiger partial charge in [-0.3, -0.25) is 4.79 Å². The Morgan fingerprint density at radius 3 is 3.05 bits per heavy atom. The number of ether oxygens (including phenoxy) is 1. The van der Waals surface area contributed by atoms with Crippen molar-refractivity contribution in [3.63, 3.8) is 0 Å². The van der Waals surface area contributed by atoms with Crippen LogP contribution in [0, 0.1) is 0 Å². The van der Waals surface area contributed by atoms with Crippen molar-refractivity contribution < 1.29 is 9.53 Å². The van der Waals surface area contributed by atoms with Crippen molar-refractivity contribution in [3.8, 4) is 0 Å². The highest BCUT2D eigenvalue weighted by atomic mass is 16.5. The zero-order valence-corrected chi connectivity index (χ0v) is 11.2. The number of methoxy groups -OCH3 is 1. The molecule has 19 heavy (non-hydrogen) atoms. The molecule has 0 spiro atoms. The number of amides is 1. The van der Waals surface area contributed by atoms with E-state index < -0.39 is 0 Å². The minimum atomic E-state index is -0.0935. The molecule has 1 N–H and O–H groups in total. The van der Waals surface area contributed by atoms with Gasteiger partial charge in [-0.1, -0.05) is 5.21 Å². The van der Waals surface area contributed by atoms with Crippen LogP contribution in [0.2, 0.25) is 0 Å². The predicted molar refractivity (Wildman–Crippen MR) is 72.0 cm³/mol. The minimum absolute atomic E-state index is 0.0935. The Hall–Kier alpha value is -1.95. The molecular formula is C13H18N4O2. The van der Waals surface area contributed by atoms with Gasteiger partial charge >= 0.3 is 0 Å². The Balaban J connectivity index is 2.06. The Morgan fingerprint density at radius 2 is 2.32 bits per heavy atom. The molecule has 102 valence electrons. The lowest BCUT2D eigenvalue weighted by Crippen LogP contribution is -2.25. The van der Waals surface area contributed by atoms with Gasteiger partial charge in [0.25, 0.3) is 5.91 Å². The fraction of sp³-hybridized carbons (Fsp3) is 0.462. The molecule has 0 bridgehead atoms. The van der Waals surface area contributed by atoms with Crippen molar-refractivity contribution in [2.24, 2.45) is 0 Å². The number of carbonyl (C=O) groups excluding carboxylic acids is 1. The Labute approximate surface area is 111 Å². The highest BCUT2D eigenvalue weighted by molar-refractivity contribution is 5.97. The van der Waals surface area contributed by atoms with Crippen molar-refractivity contribution >= 4 is 16.9 Å². The second kappa shape index (κ2) is 6.29. The summed E-state index contributed by atoms with van der Waals surface area (Å²) in [5.74, 6) is -0.0935. The third-order valence-corrected chi connectivity index (χ3v) is 2.89. The number of aromatic nitrogens is 3. The number of rotatable bonds is 6. The third-order valence-electron chi connectivity index (χ3n) is 2.89. The topological polar surface area (TPSA) is 69.0 Å². The molecule has 0 unspecified atom stereocenters. The van der Waals surface area contributed by atoms with Crippen LogP contribution in [-0.4, -0.2) is 41.2 Å². The summed E-state index contributed by atoms with van der Waals surface area (Å²) in [7, 11) is 1.65. The van der Waals surface area contributed by atoms with Crippen molar-refractivity contribution in [2.45, 2.75) is 19.9 Å². The summed E-state index contributed by atoms with van der Waals surface area (Å²) in [6, 6.07) is 5.44. The third kappa shape index (κ3) is 3.08. The summed E-state index contributed by atoms with van der Waals surface area (Å²) in [5, 5.41) is 10.9. The first-order valence-corrected chi connectivity index (χ1v) is 6.36. The maximum Gasteiger partial charge on any atom is 0.251 e. The molecule has 6 nitrogen and oxygen atoms in total. The van der Waals surface area contributed by atoms with E-state index in [0.717, 1.165) is 24.0 Å². The molecule has 0 aliphatic rings. The highest BCUT2D eigenvalue weighted by Gasteiger charge is 2.09. The molecule has 0 radical (unpaired) electrons. The highest BCUT2D eigenvalue weighted by Crippen LogP contribution is 2.13. The molecule has 1 heterocycles. The summed E-state index contributed by atoms with van der Waals surface area (Å²) in [4.78, 5) is 11.9. The summed E-state index contributed by atoms with van der Waals surface area (Å²) in [5.41, 5.74) is 2.29. The van der Waals surface area contributed by atoms with E-state index in [2.05, 4.69) is 15.6 Å². The number of aryl methyl sites for hydroxylation is 1. The number of nitrogens with one attached hydrogen (secondary N) is 1. The van der Waals surface area contributed by atoms with E-state index in [4.69, 9.17) is 4.74 Å². The van der Waals surface area contributed by atoms with Crippen LogP contribution in [0.25, 0.3) is 11.0 Å². The van der Waals surface area contributed by atoms with Gasteiger partial charge in [-0.25, -0.2) is 4.68 Å². The van der Waals surface area contributed by atoms with Crippen LogP contribution in [0.3, 0.4) is 0 Å². The fourth-order valence-corrected chi connectivity index (χ4v) is 1.87. The zero-order valence-electron chi connectivity index (χ0n) is 11.2. The van der Waals surface area contributed by atoms with Crippen LogP contribution in [-0.2, 0) is 11.3 Å². The molecule has 0 fully saturated rings. The summed E-state index contributed by atoms with van der Waals surface area (Å²) < 4.78 is 6.73. The average Bonchev–Trinajstić information content (AvgIpc) is 2.85.